The Kier molecular flexibility index (Phi) is 5.05. The van der Waals surface area contributed by atoms with E-state index in [9.17, 15) is 4.79 Å². The van der Waals surface area contributed by atoms with Crippen molar-refractivity contribution in [3.8, 4) is 0 Å². The Morgan fingerprint density at radius 1 is 1.35 bits per heavy atom. The predicted molar refractivity (Wildman–Crippen MR) is 84.7 cm³/mol. The largest absolute Gasteiger partial charge is 0.465 e. The Hall–Kier alpha value is -2.18. The van der Waals surface area contributed by atoms with Gasteiger partial charge in [0.25, 0.3) is 0 Å². The molecule has 23 heavy (non-hydrogen) atoms. The van der Waals surface area contributed by atoms with E-state index in [0.29, 0.717) is 19.8 Å². The number of morpholine rings is 1. The van der Waals surface area contributed by atoms with E-state index in [2.05, 4.69) is 15.2 Å². The van der Waals surface area contributed by atoms with Crippen LogP contribution in [0, 0.1) is 6.92 Å². The van der Waals surface area contributed by atoms with Crippen LogP contribution in [0.3, 0.4) is 0 Å². The van der Waals surface area contributed by atoms with Gasteiger partial charge in [-0.05, 0) is 30.7 Å². The average molecular weight is 315 g/mol. The lowest BCUT2D eigenvalue weighted by Gasteiger charge is -2.33. The molecular weight excluding hydrogens is 294 g/mol. The summed E-state index contributed by atoms with van der Waals surface area (Å²) < 4.78 is 10.9. The Morgan fingerprint density at radius 3 is 2.83 bits per heavy atom. The van der Waals surface area contributed by atoms with E-state index in [1.807, 2.05) is 31.2 Å². The van der Waals surface area contributed by atoms with Crippen LogP contribution >= 0.6 is 0 Å². The first-order chi connectivity index (χ1) is 11.2. The molecule has 3 rings (SSSR count). The van der Waals surface area contributed by atoms with Crippen molar-refractivity contribution in [3.63, 3.8) is 0 Å². The molecule has 1 fully saturated rings. The zero-order chi connectivity index (χ0) is 16.1. The van der Waals surface area contributed by atoms with Gasteiger partial charge in [-0.3, -0.25) is 14.7 Å². The lowest BCUT2D eigenvalue weighted by Crippen LogP contribution is -2.45. The van der Waals surface area contributed by atoms with Crippen LogP contribution in [-0.4, -0.2) is 42.1 Å². The standard InChI is InChI=1S/C17H21N3O3/c1-13-4-5-15(23-13)12-19-17(21)16(14-3-2-6-18-11-14)20-7-9-22-10-8-20/h2-6,11,16H,7-10,12H2,1H3,(H,19,21)/t16-/m0/s1. The molecular formula is C17H21N3O3. The summed E-state index contributed by atoms with van der Waals surface area (Å²) in [5.74, 6) is 1.54. The normalized spacial score (nSPS) is 16.9. The highest BCUT2D eigenvalue weighted by Crippen LogP contribution is 2.21. The van der Waals surface area contributed by atoms with Gasteiger partial charge in [0.05, 0.1) is 19.8 Å². The molecule has 0 saturated carbocycles. The summed E-state index contributed by atoms with van der Waals surface area (Å²) in [6, 6.07) is 7.20. The van der Waals surface area contributed by atoms with Crippen LogP contribution in [0.4, 0.5) is 0 Å². The van der Waals surface area contributed by atoms with Crippen molar-refractivity contribution >= 4 is 5.91 Å². The molecule has 0 spiro atoms. The van der Waals surface area contributed by atoms with Crippen LogP contribution in [0.5, 0.6) is 0 Å². The number of amides is 1. The molecule has 3 heterocycles. The molecule has 1 aliphatic rings. The Bertz CT molecular complexity index is 636. The van der Waals surface area contributed by atoms with Gasteiger partial charge in [0.15, 0.2) is 0 Å². The number of aryl methyl sites for hydroxylation is 1. The van der Waals surface area contributed by atoms with Crippen LogP contribution in [0.2, 0.25) is 0 Å². The highest BCUT2D eigenvalue weighted by atomic mass is 16.5. The molecule has 0 aliphatic carbocycles. The molecule has 1 saturated heterocycles. The third kappa shape index (κ3) is 3.97. The number of carbonyl (C=O) groups excluding carboxylic acids is 1. The summed E-state index contributed by atoms with van der Waals surface area (Å²) in [5.41, 5.74) is 0.891. The molecule has 1 aliphatic heterocycles. The number of hydrogen-bond acceptors (Lipinski definition) is 5. The van der Waals surface area contributed by atoms with Crippen LogP contribution < -0.4 is 5.32 Å². The van der Waals surface area contributed by atoms with Gasteiger partial charge in [0.2, 0.25) is 5.91 Å². The maximum Gasteiger partial charge on any atom is 0.242 e. The first kappa shape index (κ1) is 15.7. The number of furan rings is 1. The van der Waals surface area contributed by atoms with Gasteiger partial charge >= 0.3 is 0 Å². The van der Waals surface area contributed by atoms with Gasteiger partial charge in [0, 0.05) is 25.5 Å². The zero-order valence-electron chi connectivity index (χ0n) is 13.2. The highest BCUT2D eigenvalue weighted by molar-refractivity contribution is 5.83. The summed E-state index contributed by atoms with van der Waals surface area (Å²) in [6.45, 7) is 5.01. The highest BCUT2D eigenvalue weighted by Gasteiger charge is 2.29. The minimum absolute atomic E-state index is 0.0473. The number of ether oxygens (including phenoxy) is 1. The maximum atomic E-state index is 12.8. The van der Waals surface area contributed by atoms with Crippen molar-refractivity contribution in [1.29, 1.82) is 0 Å². The fourth-order valence-electron chi connectivity index (χ4n) is 2.75. The van der Waals surface area contributed by atoms with E-state index in [4.69, 9.17) is 9.15 Å². The van der Waals surface area contributed by atoms with Gasteiger partial charge in [-0.2, -0.15) is 0 Å². The van der Waals surface area contributed by atoms with E-state index in [-0.39, 0.29) is 11.9 Å². The molecule has 122 valence electrons. The zero-order valence-corrected chi connectivity index (χ0v) is 13.2. The van der Waals surface area contributed by atoms with Crippen LogP contribution in [0.15, 0.2) is 41.1 Å². The number of carbonyl (C=O) groups is 1. The van der Waals surface area contributed by atoms with E-state index >= 15 is 0 Å². The first-order valence-electron chi connectivity index (χ1n) is 7.79. The van der Waals surface area contributed by atoms with Gasteiger partial charge in [0.1, 0.15) is 17.6 Å². The SMILES string of the molecule is Cc1ccc(CNC(=O)[C@H](c2cccnc2)N2CCOCC2)o1. The molecule has 2 aromatic heterocycles. The summed E-state index contributed by atoms with van der Waals surface area (Å²) in [7, 11) is 0. The van der Waals surface area contributed by atoms with E-state index < -0.39 is 0 Å². The summed E-state index contributed by atoms with van der Waals surface area (Å²) in [5, 5.41) is 2.97. The topological polar surface area (TPSA) is 67.6 Å². The smallest absolute Gasteiger partial charge is 0.242 e. The fraction of sp³-hybridized carbons (Fsp3) is 0.412. The Morgan fingerprint density at radius 2 is 2.17 bits per heavy atom. The second-order valence-corrected chi connectivity index (χ2v) is 5.57. The summed E-state index contributed by atoms with van der Waals surface area (Å²) >= 11 is 0. The number of nitrogens with one attached hydrogen (secondary N) is 1. The summed E-state index contributed by atoms with van der Waals surface area (Å²) in [6.07, 6.45) is 3.46. The molecule has 6 heteroatoms. The second-order valence-electron chi connectivity index (χ2n) is 5.57. The monoisotopic (exact) mass is 315 g/mol. The quantitative estimate of drug-likeness (QED) is 0.909. The number of aromatic nitrogens is 1. The molecule has 0 unspecified atom stereocenters. The van der Waals surface area contributed by atoms with Gasteiger partial charge < -0.3 is 14.5 Å². The molecule has 0 aromatic carbocycles. The number of pyridine rings is 1. The number of rotatable bonds is 5. The lowest BCUT2D eigenvalue weighted by atomic mass is 10.1. The Balaban J connectivity index is 1.72. The third-order valence-electron chi connectivity index (χ3n) is 3.89. The van der Waals surface area contributed by atoms with Crippen molar-refractivity contribution in [2.24, 2.45) is 0 Å². The lowest BCUT2D eigenvalue weighted by molar-refractivity contribution is -0.128. The van der Waals surface area contributed by atoms with Crippen LogP contribution in [0.25, 0.3) is 0 Å². The molecule has 2 aromatic rings. The van der Waals surface area contributed by atoms with Crippen molar-refractivity contribution in [3.05, 3.63) is 53.7 Å². The third-order valence-corrected chi connectivity index (χ3v) is 3.89. The van der Waals surface area contributed by atoms with Crippen molar-refractivity contribution in [2.45, 2.75) is 19.5 Å². The molecule has 0 radical (unpaired) electrons. The molecule has 1 N–H and O–H groups in total. The van der Waals surface area contributed by atoms with E-state index in [1.165, 1.54) is 0 Å². The number of nitrogens with zero attached hydrogens (tertiary/aromatic N) is 2. The molecule has 0 bridgehead atoms. The fourth-order valence-corrected chi connectivity index (χ4v) is 2.75. The van der Waals surface area contributed by atoms with E-state index in [1.54, 1.807) is 12.4 Å². The van der Waals surface area contributed by atoms with Crippen LogP contribution in [0.1, 0.15) is 23.1 Å². The Labute approximate surface area is 135 Å². The predicted octanol–water partition coefficient (Wildman–Crippen LogP) is 1.67. The summed E-state index contributed by atoms with van der Waals surface area (Å²) in [4.78, 5) is 19.0. The van der Waals surface area contributed by atoms with Crippen molar-refractivity contribution < 1.29 is 13.9 Å². The van der Waals surface area contributed by atoms with E-state index in [0.717, 1.165) is 30.2 Å². The molecule has 1 amide bonds. The number of hydrogen-bond donors (Lipinski definition) is 1. The van der Waals surface area contributed by atoms with Crippen LogP contribution in [-0.2, 0) is 16.1 Å². The van der Waals surface area contributed by atoms with Crippen molar-refractivity contribution in [1.82, 2.24) is 15.2 Å². The first-order valence-corrected chi connectivity index (χ1v) is 7.79. The molecule has 6 nitrogen and oxygen atoms in total. The minimum Gasteiger partial charge on any atom is -0.465 e. The maximum absolute atomic E-state index is 12.8. The van der Waals surface area contributed by atoms with Gasteiger partial charge in [-0.1, -0.05) is 6.07 Å². The second kappa shape index (κ2) is 7.39. The van der Waals surface area contributed by atoms with Gasteiger partial charge in [-0.25, -0.2) is 0 Å². The average Bonchev–Trinajstić information content (AvgIpc) is 3.01. The minimum atomic E-state index is -0.358. The molecule has 1 atom stereocenters. The van der Waals surface area contributed by atoms with Crippen molar-refractivity contribution in [2.75, 3.05) is 26.3 Å². The van der Waals surface area contributed by atoms with Gasteiger partial charge in [-0.15, -0.1) is 0 Å².